The molecule has 0 bridgehead atoms. The van der Waals surface area contributed by atoms with Crippen molar-refractivity contribution in [3.05, 3.63) is 48.0 Å². The fourth-order valence-corrected chi connectivity index (χ4v) is 5.29. The van der Waals surface area contributed by atoms with E-state index in [-0.39, 0.29) is 17.3 Å². The van der Waals surface area contributed by atoms with Gasteiger partial charge in [-0.1, -0.05) is 17.7 Å². The van der Waals surface area contributed by atoms with Gasteiger partial charge in [0, 0.05) is 31.9 Å². The largest absolute Gasteiger partial charge is 0.379 e. The fraction of sp³-hybridized carbons (Fsp3) is 0.435. The second-order valence-electron chi connectivity index (χ2n) is 8.06. The lowest BCUT2D eigenvalue weighted by Crippen LogP contribution is -2.40. The van der Waals surface area contributed by atoms with Gasteiger partial charge in [0.1, 0.15) is 0 Å². The highest BCUT2D eigenvalue weighted by atomic mass is 32.2. The van der Waals surface area contributed by atoms with Gasteiger partial charge in [-0.25, -0.2) is 8.42 Å². The van der Waals surface area contributed by atoms with Crippen LogP contribution in [0.5, 0.6) is 0 Å². The molecule has 33 heavy (non-hydrogen) atoms. The zero-order valence-corrected chi connectivity index (χ0v) is 19.6. The molecule has 0 unspecified atom stereocenters. The summed E-state index contributed by atoms with van der Waals surface area (Å²) in [4.78, 5) is 14.9. The normalized spacial score (nSPS) is 17.5. The topological polar surface area (TPSA) is 100 Å². The standard InChI is InChI=1S/C23H30N4O5S/c1-18-2-4-19(5-3-18)25-23(28)17-24-21-16-20(33(29,30)27-10-14-32-15-11-27)6-7-22(21)26-8-12-31-13-9-26/h2-7,16,24H,8-15,17H2,1H3,(H,25,28). The first-order chi connectivity index (χ1) is 15.9. The van der Waals surface area contributed by atoms with Crippen LogP contribution in [-0.2, 0) is 24.3 Å². The maximum Gasteiger partial charge on any atom is 0.243 e. The zero-order valence-electron chi connectivity index (χ0n) is 18.7. The van der Waals surface area contributed by atoms with Gasteiger partial charge in [0.25, 0.3) is 0 Å². The van der Waals surface area contributed by atoms with E-state index in [4.69, 9.17) is 9.47 Å². The van der Waals surface area contributed by atoms with Crippen LogP contribution in [0.25, 0.3) is 0 Å². The van der Waals surface area contributed by atoms with Crippen molar-refractivity contribution in [1.29, 1.82) is 0 Å². The van der Waals surface area contributed by atoms with Crippen molar-refractivity contribution in [1.82, 2.24) is 4.31 Å². The molecule has 9 nitrogen and oxygen atoms in total. The van der Waals surface area contributed by atoms with Crippen LogP contribution in [0.3, 0.4) is 0 Å². The molecule has 2 heterocycles. The van der Waals surface area contributed by atoms with Crippen molar-refractivity contribution in [2.75, 3.05) is 74.7 Å². The number of morpholine rings is 2. The molecule has 2 aromatic rings. The first-order valence-corrected chi connectivity index (χ1v) is 12.5. The summed E-state index contributed by atoms with van der Waals surface area (Å²) in [5.74, 6) is -0.215. The van der Waals surface area contributed by atoms with E-state index in [1.165, 1.54) is 4.31 Å². The summed E-state index contributed by atoms with van der Waals surface area (Å²) >= 11 is 0. The number of carbonyl (C=O) groups is 1. The summed E-state index contributed by atoms with van der Waals surface area (Å²) in [6.45, 7) is 6.00. The van der Waals surface area contributed by atoms with E-state index in [9.17, 15) is 13.2 Å². The highest BCUT2D eigenvalue weighted by Crippen LogP contribution is 2.31. The van der Waals surface area contributed by atoms with E-state index in [2.05, 4.69) is 15.5 Å². The summed E-state index contributed by atoms with van der Waals surface area (Å²) in [6.07, 6.45) is 0. The van der Waals surface area contributed by atoms with Gasteiger partial charge in [-0.3, -0.25) is 4.79 Å². The number of aryl methyl sites for hydroxylation is 1. The van der Waals surface area contributed by atoms with Crippen molar-refractivity contribution in [3.63, 3.8) is 0 Å². The van der Waals surface area contributed by atoms with Gasteiger partial charge >= 0.3 is 0 Å². The lowest BCUT2D eigenvalue weighted by molar-refractivity contribution is -0.114. The molecular formula is C23H30N4O5S. The molecule has 2 aromatic carbocycles. The molecule has 2 saturated heterocycles. The van der Waals surface area contributed by atoms with Crippen molar-refractivity contribution < 1.29 is 22.7 Å². The lowest BCUT2D eigenvalue weighted by atomic mass is 10.2. The Kier molecular flexibility index (Phi) is 7.49. The highest BCUT2D eigenvalue weighted by Gasteiger charge is 2.27. The number of anilines is 3. The van der Waals surface area contributed by atoms with E-state index in [1.807, 2.05) is 31.2 Å². The van der Waals surface area contributed by atoms with Crippen LogP contribution in [0.2, 0.25) is 0 Å². The number of hydrogen-bond donors (Lipinski definition) is 2. The molecule has 2 N–H and O–H groups in total. The summed E-state index contributed by atoms with van der Waals surface area (Å²) in [5.41, 5.74) is 3.27. The minimum Gasteiger partial charge on any atom is -0.379 e. The third kappa shape index (κ3) is 5.83. The maximum absolute atomic E-state index is 13.2. The summed E-state index contributed by atoms with van der Waals surface area (Å²) in [5, 5.41) is 6.01. The molecule has 2 aliphatic rings. The first kappa shape index (κ1) is 23.5. The monoisotopic (exact) mass is 474 g/mol. The van der Waals surface area contributed by atoms with E-state index >= 15 is 0 Å². The maximum atomic E-state index is 13.2. The van der Waals surface area contributed by atoms with Gasteiger partial charge < -0.3 is 25.0 Å². The summed E-state index contributed by atoms with van der Waals surface area (Å²) < 4.78 is 38.5. The Morgan fingerprint density at radius 3 is 2.24 bits per heavy atom. The molecule has 0 atom stereocenters. The van der Waals surface area contributed by atoms with Crippen LogP contribution in [-0.4, -0.2) is 77.8 Å². The minimum absolute atomic E-state index is 0.00622. The number of amides is 1. The zero-order chi connectivity index (χ0) is 23.3. The van der Waals surface area contributed by atoms with Gasteiger partial charge in [0.05, 0.1) is 49.2 Å². The molecule has 2 aliphatic heterocycles. The van der Waals surface area contributed by atoms with Gasteiger partial charge in [-0.2, -0.15) is 4.31 Å². The van der Waals surface area contributed by atoms with Crippen LogP contribution in [0, 0.1) is 6.92 Å². The number of ether oxygens (including phenoxy) is 2. The molecule has 2 fully saturated rings. The Balaban J connectivity index is 1.54. The predicted molar refractivity (Wildman–Crippen MR) is 127 cm³/mol. The number of nitrogens with one attached hydrogen (secondary N) is 2. The molecule has 0 spiro atoms. The van der Waals surface area contributed by atoms with E-state index in [1.54, 1.807) is 18.2 Å². The van der Waals surface area contributed by atoms with Crippen LogP contribution in [0.15, 0.2) is 47.4 Å². The average molecular weight is 475 g/mol. The summed E-state index contributed by atoms with van der Waals surface area (Å²) in [7, 11) is -3.65. The van der Waals surface area contributed by atoms with Crippen LogP contribution in [0.1, 0.15) is 5.56 Å². The second-order valence-corrected chi connectivity index (χ2v) is 10.0. The first-order valence-electron chi connectivity index (χ1n) is 11.1. The number of benzene rings is 2. The van der Waals surface area contributed by atoms with Crippen molar-refractivity contribution in [2.45, 2.75) is 11.8 Å². The smallest absolute Gasteiger partial charge is 0.243 e. The predicted octanol–water partition coefficient (Wildman–Crippen LogP) is 1.90. The van der Waals surface area contributed by atoms with E-state index in [0.29, 0.717) is 64.0 Å². The van der Waals surface area contributed by atoms with Gasteiger partial charge in [0.15, 0.2) is 0 Å². The molecule has 10 heteroatoms. The number of rotatable bonds is 7. The quantitative estimate of drug-likeness (QED) is 0.632. The van der Waals surface area contributed by atoms with Crippen LogP contribution in [0.4, 0.5) is 17.1 Å². The summed E-state index contributed by atoms with van der Waals surface area (Å²) in [6, 6.07) is 12.6. The van der Waals surface area contributed by atoms with Gasteiger partial charge in [0.2, 0.25) is 15.9 Å². The molecule has 0 saturated carbocycles. The molecular weight excluding hydrogens is 444 g/mol. The van der Waals surface area contributed by atoms with Crippen molar-refractivity contribution in [2.24, 2.45) is 0 Å². The Hall–Kier alpha value is -2.66. The Morgan fingerprint density at radius 1 is 0.939 bits per heavy atom. The Labute approximate surface area is 194 Å². The second kappa shape index (κ2) is 10.5. The Bertz CT molecular complexity index is 1060. The average Bonchev–Trinajstić information content (AvgIpc) is 2.85. The third-order valence-corrected chi connectivity index (χ3v) is 7.60. The number of hydrogen-bond acceptors (Lipinski definition) is 7. The number of sulfonamides is 1. The van der Waals surface area contributed by atoms with Gasteiger partial charge in [-0.05, 0) is 37.3 Å². The molecule has 0 aliphatic carbocycles. The molecule has 4 rings (SSSR count). The molecule has 178 valence electrons. The van der Waals surface area contributed by atoms with Crippen LogP contribution < -0.4 is 15.5 Å². The fourth-order valence-electron chi connectivity index (χ4n) is 3.85. The van der Waals surface area contributed by atoms with Crippen LogP contribution >= 0.6 is 0 Å². The van der Waals surface area contributed by atoms with E-state index in [0.717, 1.165) is 11.3 Å². The lowest BCUT2D eigenvalue weighted by Gasteiger charge is -2.31. The number of carbonyl (C=O) groups excluding carboxylic acids is 1. The SMILES string of the molecule is Cc1ccc(NC(=O)CNc2cc(S(=O)(=O)N3CCOCC3)ccc2N2CCOCC2)cc1. The highest BCUT2D eigenvalue weighted by molar-refractivity contribution is 7.89. The third-order valence-electron chi connectivity index (χ3n) is 5.70. The molecule has 1 amide bonds. The van der Waals surface area contributed by atoms with Crippen molar-refractivity contribution >= 4 is 33.0 Å². The molecule has 0 aromatic heterocycles. The van der Waals surface area contributed by atoms with Crippen molar-refractivity contribution in [3.8, 4) is 0 Å². The Morgan fingerprint density at radius 2 is 1.58 bits per heavy atom. The minimum atomic E-state index is -3.65. The van der Waals surface area contributed by atoms with Gasteiger partial charge in [-0.15, -0.1) is 0 Å². The number of nitrogens with zero attached hydrogens (tertiary/aromatic N) is 2. The molecule has 0 radical (unpaired) electrons. The van der Waals surface area contributed by atoms with E-state index < -0.39 is 10.0 Å².